The number of aliphatic hydroxyl groups is 1. The van der Waals surface area contributed by atoms with Gasteiger partial charge in [0.05, 0.1) is 6.61 Å². The highest BCUT2D eigenvalue weighted by Crippen LogP contribution is 2.43. The second-order valence-corrected chi connectivity index (χ2v) is 13.0. The van der Waals surface area contributed by atoms with Crippen LogP contribution >= 0.6 is 0 Å². The average Bonchev–Trinajstić information content (AvgIpc) is 3.69. The molecular weight excluding hydrogens is 512 g/mol. The van der Waals surface area contributed by atoms with E-state index in [0.29, 0.717) is 23.5 Å². The standard InChI is InChI=1S/C28H34N8O2S/c1-39(2,38)33-25-4-3-5-26(31-25)36-24(20-6-7-20)18-21-19-29-28(32-27(21)36)30-22-8-10-23(11-9-22)35-14-12-34(13-15-35)16-17-37/h3-5,8-11,18-20,37H,6-7,12-17H2,1-2H3,(H,29,30,32). The summed E-state index contributed by atoms with van der Waals surface area (Å²) in [4.78, 5) is 18.9. The van der Waals surface area contributed by atoms with Crippen molar-refractivity contribution >= 4 is 43.9 Å². The molecule has 1 saturated heterocycles. The van der Waals surface area contributed by atoms with Crippen LogP contribution in [0.5, 0.6) is 0 Å². The molecule has 10 nitrogen and oxygen atoms in total. The van der Waals surface area contributed by atoms with Gasteiger partial charge in [0.25, 0.3) is 0 Å². The first-order valence-corrected chi connectivity index (χ1v) is 15.7. The Morgan fingerprint density at radius 2 is 1.82 bits per heavy atom. The quantitative estimate of drug-likeness (QED) is 0.342. The molecule has 4 heterocycles. The molecule has 204 valence electrons. The van der Waals surface area contributed by atoms with Crippen LogP contribution in [0.3, 0.4) is 0 Å². The summed E-state index contributed by atoms with van der Waals surface area (Å²) in [6.45, 7) is 4.76. The molecule has 4 aromatic rings. The van der Waals surface area contributed by atoms with E-state index in [4.69, 9.17) is 9.97 Å². The Balaban J connectivity index is 1.26. The van der Waals surface area contributed by atoms with E-state index in [1.807, 2.05) is 18.3 Å². The average molecular weight is 547 g/mol. The second-order valence-electron chi connectivity index (χ2n) is 10.5. The van der Waals surface area contributed by atoms with Gasteiger partial charge in [0, 0.05) is 83.6 Å². The monoisotopic (exact) mass is 546 g/mol. The summed E-state index contributed by atoms with van der Waals surface area (Å²) < 4.78 is 18.7. The number of aromatic nitrogens is 4. The fraction of sp³-hybridized carbons (Fsp3) is 0.393. The lowest BCUT2D eigenvalue weighted by Crippen LogP contribution is -2.47. The highest BCUT2D eigenvalue weighted by Gasteiger charge is 2.29. The first kappa shape index (κ1) is 25.7. The zero-order valence-electron chi connectivity index (χ0n) is 22.3. The largest absolute Gasteiger partial charge is 0.395 e. The maximum Gasteiger partial charge on any atom is 0.229 e. The van der Waals surface area contributed by atoms with E-state index in [-0.39, 0.29) is 6.61 Å². The summed E-state index contributed by atoms with van der Waals surface area (Å²) in [5.41, 5.74) is 4.04. The molecule has 0 atom stereocenters. The molecule has 1 aliphatic carbocycles. The molecule has 11 heteroatoms. The number of piperazine rings is 1. The van der Waals surface area contributed by atoms with Crippen LogP contribution in [0, 0.1) is 0 Å². The van der Waals surface area contributed by atoms with Gasteiger partial charge in [0.15, 0.2) is 11.5 Å². The lowest BCUT2D eigenvalue weighted by atomic mass is 10.2. The number of pyridine rings is 1. The highest BCUT2D eigenvalue weighted by atomic mass is 32.2. The minimum Gasteiger partial charge on any atom is -0.395 e. The molecule has 2 aliphatic rings. The normalized spacial score (nSPS) is 16.5. The number of hydrogen-bond donors (Lipinski definition) is 2. The number of benzene rings is 1. The summed E-state index contributed by atoms with van der Waals surface area (Å²) >= 11 is 0. The SMILES string of the molecule is CS(C)(=O)=Nc1cccc(-n2c(C3CC3)cc3cnc(Nc4ccc(N5CCN(CCO)CC5)cc4)nc32)n1. The molecule has 0 radical (unpaired) electrons. The molecule has 0 bridgehead atoms. The van der Waals surface area contributed by atoms with Crippen molar-refractivity contribution < 1.29 is 9.32 Å². The summed E-state index contributed by atoms with van der Waals surface area (Å²) in [7, 11) is -2.32. The summed E-state index contributed by atoms with van der Waals surface area (Å²) in [6.07, 6.45) is 7.35. The number of nitrogens with one attached hydrogen (secondary N) is 1. The van der Waals surface area contributed by atoms with Gasteiger partial charge in [-0.25, -0.2) is 14.2 Å². The van der Waals surface area contributed by atoms with E-state index >= 15 is 0 Å². The molecule has 1 aromatic carbocycles. The molecule has 39 heavy (non-hydrogen) atoms. The third-order valence-corrected chi connectivity index (χ3v) is 7.73. The number of hydrogen-bond acceptors (Lipinski definition) is 9. The first-order chi connectivity index (χ1) is 18.9. The number of anilines is 3. The second kappa shape index (κ2) is 10.6. The highest BCUT2D eigenvalue weighted by molar-refractivity contribution is 7.92. The lowest BCUT2D eigenvalue weighted by molar-refractivity contribution is 0.189. The number of fused-ring (bicyclic) bond motifs is 1. The van der Waals surface area contributed by atoms with E-state index in [9.17, 15) is 9.32 Å². The van der Waals surface area contributed by atoms with Gasteiger partial charge >= 0.3 is 0 Å². The minimum atomic E-state index is -2.32. The van der Waals surface area contributed by atoms with Gasteiger partial charge in [0.2, 0.25) is 5.95 Å². The molecule has 6 rings (SSSR count). The topological polar surface area (TPSA) is 112 Å². The van der Waals surface area contributed by atoms with Crippen LogP contribution in [0.25, 0.3) is 16.9 Å². The van der Waals surface area contributed by atoms with Crippen molar-refractivity contribution in [2.45, 2.75) is 18.8 Å². The van der Waals surface area contributed by atoms with Crippen LogP contribution in [-0.2, 0) is 9.73 Å². The van der Waals surface area contributed by atoms with Gasteiger partial charge in [-0.05, 0) is 61.2 Å². The molecule has 0 spiro atoms. The number of rotatable bonds is 8. The molecule has 1 saturated carbocycles. The molecule has 1 aliphatic heterocycles. The van der Waals surface area contributed by atoms with Crippen molar-refractivity contribution in [3.8, 4) is 5.82 Å². The Kier molecular flexibility index (Phi) is 6.96. The van der Waals surface area contributed by atoms with Crippen molar-refractivity contribution in [3.63, 3.8) is 0 Å². The van der Waals surface area contributed by atoms with Crippen LogP contribution in [-0.4, -0.2) is 85.6 Å². The molecule has 0 amide bonds. The van der Waals surface area contributed by atoms with Crippen LogP contribution in [0.1, 0.15) is 24.5 Å². The summed E-state index contributed by atoms with van der Waals surface area (Å²) in [5.74, 6) is 2.15. The zero-order chi connectivity index (χ0) is 27.0. The van der Waals surface area contributed by atoms with Gasteiger partial charge in [-0.3, -0.25) is 9.47 Å². The Morgan fingerprint density at radius 1 is 1.05 bits per heavy atom. The summed E-state index contributed by atoms with van der Waals surface area (Å²) in [5, 5.41) is 13.5. The molecular formula is C28H34N8O2S. The van der Waals surface area contributed by atoms with Crippen molar-refractivity contribution in [1.29, 1.82) is 0 Å². The van der Waals surface area contributed by atoms with Gasteiger partial charge in [0.1, 0.15) is 5.82 Å². The van der Waals surface area contributed by atoms with E-state index in [0.717, 1.165) is 62.3 Å². The van der Waals surface area contributed by atoms with Gasteiger partial charge in [-0.2, -0.15) is 9.35 Å². The van der Waals surface area contributed by atoms with Gasteiger partial charge in [-0.1, -0.05) is 6.07 Å². The van der Waals surface area contributed by atoms with Crippen molar-refractivity contribution in [2.75, 3.05) is 62.1 Å². The number of nitrogens with zero attached hydrogens (tertiary/aromatic N) is 7. The van der Waals surface area contributed by atoms with Crippen LogP contribution in [0.2, 0.25) is 0 Å². The van der Waals surface area contributed by atoms with Crippen LogP contribution < -0.4 is 10.2 Å². The third kappa shape index (κ3) is 5.90. The summed E-state index contributed by atoms with van der Waals surface area (Å²) in [6, 6.07) is 16.1. The Morgan fingerprint density at radius 3 is 2.51 bits per heavy atom. The Labute approximate surface area is 228 Å². The van der Waals surface area contributed by atoms with Crippen LogP contribution in [0.4, 0.5) is 23.1 Å². The maximum absolute atomic E-state index is 12.3. The van der Waals surface area contributed by atoms with E-state index in [1.165, 1.54) is 11.4 Å². The van der Waals surface area contributed by atoms with E-state index in [2.05, 4.69) is 59.4 Å². The molecule has 2 fully saturated rings. The lowest BCUT2D eigenvalue weighted by Gasteiger charge is -2.35. The van der Waals surface area contributed by atoms with E-state index in [1.54, 1.807) is 18.6 Å². The minimum absolute atomic E-state index is 0.209. The fourth-order valence-corrected chi connectivity index (χ4v) is 5.61. The van der Waals surface area contributed by atoms with Crippen molar-refractivity contribution in [2.24, 2.45) is 4.36 Å². The number of aliphatic hydroxyl groups excluding tert-OH is 1. The molecule has 3 aromatic heterocycles. The zero-order valence-corrected chi connectivity index (χ0v) is 23.1. The maximum atomic E-state index is 12.3. The Hall–Kier alpha value is -3.54. The van der Waals surface area contributed by atoms with Crippen LogP contribution in [0.15, 0.2) is 59.1 Å². The predicted octanol–water partition coefficient (Wildman–Crippen LogP) is 3.91. The molecule has 0 unspecified atom stereocenters. The third-order valence-electron chi connectivity index (χ3n) is 7.10. The van der Waals surface area contributed by atoms with Gasteiger partial charge < -0.3 is 15.3 Å². The smallest absolute Gasteiger partial charge is 0.229 e. The molecule has 2 N–H and O–H groups in total. The van der Waals surface area contributed by atoms with Crippen molar-refractivity contribution in [3.05, 3.63) is 60.4 Å². The van der Waals surface area contributed by atoms with Crippen molar-refractivity contribution in [1.82, 2.24) is 24.4 Å². The first-order valence-electron chi connectivity index (χ1n) is 13.3. The Bertz CT molecular complexity index is 1590. The number of β-amino-alcohol motifs (C(OH)–C–C–N with tert-alkyl or cyclic N) is 1. The predicted molar refractivity (Wildman–Crippen MR) is 156 cm³/mol. The fourth-order valence-electron chi connectivity index (χ4n) is 5.06. The van der Waals surface area contributed by atoms with Gasteiger partial charge in [-0.15, -0.1) is 0 Å². The van der Waals surface area contributed by atoms with E-state index < -0.39 is 9.73 Å².